The van der Waals surface area contributed by atoms with E-state index in [1.165, 1.54) is 43.6 Å². The van der Waals surface area contributed by atoms with Crippen molar-refractivity contribution in [3.63, 3.8) is 0 Å². The van der Waals surface area contributed by atoms with E-state index in [0.717, 1.165) is 24.2 Å². The van der Waals surface area contributed by atoms with E-state index in [1.54, 1.807) is 0 Å². The molecule has 0 amide bonds. The van der Waals surface area contributed by atoms with Gasteiger partial charge in [-0.1, -0.05) is 19.3 Å². The van der Waals surface area contributed by atoms with Crippen LogP contribution in [0, 0.1) is 11.8 Å². The van der Waals surface area contributed by atoms with Crippen LogP contribution in [0.15, 0.2) is 12.4 Å². The lowest BCUT2D eigenvalue weighted by Crippen LogP contribution is -2.37. The first kappa shape index (κ1) is 12.5. The molecule has 18 heavy (non-hydrogen) atoms. The SMILES string of the molecule is c1c[nH]c(C(NCC2CSC2)C2CCCCC2)n1. The van der Waals surface area contributed by atoms with Crippen LogP contribution in [0.25, 0.3) is 0 Å². The summed E-state index contributed by atoms with van der Waals surface area (Å²) in [5, 5.41) is 3.79. The van der Waals surface area contributed by atoms with Crippen molar-refractivity contribution in [2.24, 2.45) is 11.8 Å². The third-order valence-electron chi connectivity index (χ3n) is 4.27. The predicted octanol–water partition coefficient (Wildman–Crippen LogP) is 2.98. The average molecular weight is 265 g/mol. The van der Waals surface area contributed by atoms with Gasteiger partial charge in [-0.3, -0.25) is 0 Å². The summed E-state index contributed by atoms with van der Waals surface area (Å²) in [4.78, 5) is 7.81. The predicted molar refractivity (Wildman–Crippen MR) is 76.7 cm³/mol. The molecule has 2 N–H and O–H groups in total. The van der Waals surface area contributed by atoms with Crippen molar-refractivity contribution in [2.45, 2.75) is 38.1 Å². The van der Waals surface area contributed by atoms with Gasteiger partial charge in [-0.15, -0.1) is 0 Å². The molecule has 3 rings (SSSR count). The van der Waals surface area contributed by atoms with Crippen LogP contribution < -0.4 is 5.32 Å². The number of imidazole rings is 1. The van der Waals surface area contributed by atoms with Gasteiger partial charge < -0.3 is 10.3 Å². The first-order valence-electron chi connectivity index (χ1n) is 7.24. The zero-order valence-corrected chi connectivity index (χ0v) is 11.7. The average Bonchev–Trinajstić information content (AvgIpc) is 2.87. The summed E-state index contributed by atoms with van der Waals surface area (Å²) in [5.41, 5.74) is 0. The third kappa shape index (κ3) is 2.91. The van der Waals surface area contributed by atoms with Gasteiger partial charge in [-0.05, 0) is 36.2 Å². The van der Waals surface area contributed by atoms with Gasteiger partial charge >= 0.3 is 0 Å². The summed E-state index contributed by atoms with van der Waals surface area (Å²) in [6.45, 7) is 1.16. The number of hydrogen-bond acceptors (Lipinski definition) is 3. The fourth-order valence-electron chi connectivity index (χ4n) is 3.10. The topological polar surface area (TPSA) is 40.7 Å². The molecule has 0 aromatic carbocycles. The summed E-state index contributed by atoms with van der Waals surface area (Å²) < 4.78 is 0. The van der Waals surface area contributed by atoms with Gasteiger partial charge in [0.1, 0.15) is 5.82 Å². The molecule has 1 atom stereocenters. The van der Waals surface area contributed by atoms with Crippen molar-refractivity contribution < 1.29 is 0 Å². The van der Waals surface area contributed by atoms with E-state index in [4.69, 9.17) is 0 Å². The minimum atomic E-state index is 0.450. The lowest BCUT2D eigenvalue weighted by Gasteiger charge is -2.33. The van der Waals surface area contributed by atoms with E-state index in [9.17, 15) is 0 Å². The Morgan fingerprint density at radius 2 is 2.17 bits per heavy atom. The number of nitrogens with zero attached hydrogens (tertiary/aromatic N) is 1. The smallest absolute Gasteiger partial charge is 0.123 e. The lowest BCUT2D eigenvalue weighted by molar-refractivity contribution is 0.258. The Labute approximate surface area is 114 Å². The van der Waals surface area contributed by atoms with Crippen molar-refractivity contribution in [1.82, 2.24) is 15.3 Å². The molecular weight excluding hydrogens is 242 g/mol. The van der Waals surface area contributed by atoms with Crippen LogP contribution in [0.4, 0.5) is 0 Å². The minimum absolute atomic E-state index is 0.450. The molecule has 2 aliphatic rings. The lowest BCUT2D eigenvalue weighted by atomic mass is 9.83. The summed E-state index contributed by atoms with van der Waals surface area (Å²) in [7, 11) is 0. The highest BCUT2D eigenvalue weighted by Crippen LogP contribution is 2.34. The van der Waals surface area contributed by atoms with Crippen LogP contribution >= 0.6 is 11.8 Å². The van der Waals surface area contributed by atoms with Gasteiger partial charge in [0, 0.05) is 18.9 Å². The van der Waals surface area contributed by atoms with Crippen LogP contribution in [0.5, 0.6) is 0 Å². The van der Waals surface area contributed by atoms with Crippen LogP contribution in [-0.2, 0) is 0 Å². The fourth-order valence-corrected chi connectivity index (χ4v) is 3.90. The standard InChI is InChI=1S/C14H23N3S/c1-2-4-12(5-3-1)13(14-15-6-7-16-14)17-8-11-9-18-10-11/h6-7,11-13,17H,1-5,8-10H2,(H,15,16). The number of aromatic nitrogens is 2. The molecule has 4 heteroatoms. The van der Waals surface area contributed by atoms with E-state index >= 15 is 0 Å². The number of hydrogen-bond donors (Lipinski definition) is 2. The zero-order chi connectivity index (χ0) is 12.2. The fraction of sp³-hybridized carbons (Fsp3) is 0.786. The van der Waals surface area contributed by atoms with Crippen LogP contribution in [-0.4, -0.2) is 28.0 Å². The quantitative estimate of drug-likeness (QED) is 0.860. The normalized spacial score (nSPS) is 23.8. The molecule has 1 aliphatic heterocycles. The van der Waals surface area contributed by atoms with Gasteiger partial charge in [0.05, 0.1) is 6.04 Å². The van der Waals surface area contributed by atoms with Crippen molar-refractivity contribution >= 4 is 11.8 Å². The second-order valence-electron chi connectivity index (χ2n) is 5.66. The highest BCUT2D eigenvalue weighted by molar-refractivity contribution is 8.00. The van der Waals surface area contributed by atoms with Gasteiger partial charge in [0.15, 0.2) is 0 Å². The zero-order valence-electron chi connectivity index (χ0n) is 10.9. The Bertz CT molecular complexity index is 342. The maximum absolute atomic E-state index is 4.49. The molecule has 3 nitrogen and oxygen atoms in total. The first-order valence-corrected chi connectivity index (χ1v) is 8.39. The van der Waals surface area contributed by atoms with Gasteiger partial charge in [0.2, 0.25) is 0 Å². The van der Waals surface area contributed by atoms with E-state index in [0.29, 0.717) is 6.04 Å². The van der Waals surface area contributed by atoms with Crippen LogP contribution in [0.2, 0.25) is 0 Å². The second-order valence-corrected chi connectivity index (χ2v) is 6.74. The number of aromatic amines is 1. The van der Waals surface area contributed by atoms with E-state index in [-0.39, 0.29) is 0 Å². The van der Waals surface area contributed by atoms with Gasteiger partial charge in [-0.25, -0.2) is 4.98 Å². The van der Waals surface area contributed by atoms with Crippen molar-refractivity contribution in [3.05, 3.63) is 18.2 Å². The minimum Gasteiger partial charge on any atom is -0.347 e. The van der Waals surface area contributed by atoms with E-state index < -0.39 is 0 Å². The molecule has 100 valence electrons. The number of nitrogens with one attached hydrogen (secondary N) is 2. The van der Waals surface area contributed by atoms with E-state index in [1.807, 2.05) is 12.4 Å². The molecule has 1 saturated carbocycles. The summed E-state index contributed by atoms with van der Waals surface area (Å²) in [6, 6.07) is 0.450. The monoisotopic (exact) mass is 265 g/mol. The molecular formula is C14H23N3S. The first-order chi connectivity index (χ1) is 8.93. The Morgan fingerprint density at radius 1 is 1.33 bits per heavy atom. The molecule has 0 spiro atoms. The van der Waals surface area contributed by atoms with Gasteiger partial charge in [0.25, 0.3) is 0 Å². The highest BCUT2D eigenvalue weighted by Gasteiger charge is 2.28. The second kappa shape index (κ2) is 6.11. The van der Waals surface area contributed by atoms with Gasteiger partial charge in [-0.2, -0.15) is 11.8 Å². The molecule has 2 heterocycles. The molecule has 2 fully saturated rings. The maximum atomic E-state index is 4.49. The van der Waals surface area contributed by atoms with Crippen molar-refractivity contribution in [1.29, 1.82) is 0 Å². The number of H-pyrrole nitrogens is 1. The summed E-state index contributed by atoms with van der Waals surface area (Å²) >= 11 is 2.07. The van der Waals surface area contributed by atoms with Crippen molar-refractivity contribution in [2.75, 3.05) is 18.1 Å². The molecule has 1 saturated heterocycles. The molecule has 1 aromatic heterocycles. The molecule has 0 radical (unpaired) electrons. The number of rotatable bonds is 5. The highest BCUT2D eigenvalue weighted by atomic mass is 32.2. The van der Waals surface area contributed by atoms with Crippen LogP contribution in [0.3, 0.4) is 0 Å². The summed E-state index contributed by atoms with van der Waals surface area (Å²) in [6.07, 6.45) is 10.7. The molecule has 1 unspecified atom stereocenters. The maximum Gasteiger partial charge on any atom is 0.123 e. The Hall–Kier alpha value is -0.480. The van der Waals surface area contributed by atoms with E-state index in [2.05, 4.69) is 27.0 Å². The number of thioether (sulfide) groups is 1. The molecule has 1 aliphatic carbocycles. The Morgan fingerprint density at radius 3 is 2.78 bits per heavy atom. The molecule has 0 bridgehead atoms. The van der Waals surface area contributed by atoms with Crippen LogP contribution in [0.1, 0.15) is 44.0 Å². The summed E-state index contributed by atoms with van der Waals surface area (Å²) in [5.74, 6) is 5.48. The Kier molecular flexibility index (Phi) is 4.26. The Balaban J connectivity index is 1.62. The third-order valence-corrected chi connectivity index (χ3v) is 5.68. The molecule has 1 aromatic rings. The largest absolute Gasteiger partial charge is 0.347 e. The van der Waals surface area contributed by atoms with Crippen molar-refractivity contribution in [3.8, 4) is 0 Å².